The van der Waals surface area contributed by atoms with Gasteiger partial charge < -0.3 is 33.8 Å². The first-order valence-corrected chi connectivity index (χ1v) is 44.2. The summed E-state index contributed by atoms with van der Waals surface area (Å²) < 4.78 is 68.7. The van der Waals surface area contributed by atoms with Crippen LogP contribution in [0, 0.1) is 23.7 Å². The molecule has 0 heterocycles. The van der Waals surface area contributed by atoms with Crippen molar-refractivity contribution in [2.24, 2.45) is 23.7 Å². The van der Waals surface area contributed by atoms with Crippen LogP contribution in [0.1, 0.15) is 409 Å². The van der Waals surface area contributed by atoms with E-state index in [0.29, 0.717) is 25.7 Å². The minimum Gasteiger partial charge on any atom is -0.462 e. The maximum Gasteiger partial charge on any atom is 0.472 e. The number of esters is 4. The number of phosphoric acid groups is 2. The van der Waals surface area contributed by atoms with Crippen molar-refractivity contribution in [3.8, 4) is 0 Å². The molecule has 588 valence electrons. The largest absolute Gasteiger partial charge is 0.472 e. The lowest BCUT2D eigenvalue weighted by Crippen LogP contribution is -2.30. The van der Waals surface area contributed by atoms with E-state index >= 15 is 0 Å². The number of unbranched alkanes of at least 4 members (excludes halogenated alkanes) is 43. The number of aliphatic hydroxyl groups excluding tert-OH is 1. The van der Waals surface area contributed by atoms with Crippen LogP contribution in [0.15, 0.2) is 0 Å². The number of rotatable bonds is 77. The van der Waals surface area contributed by atoms with Crippen LogP contribution in [0.3, 0.4) is 0 Å². The van der Waals surface area contributed by atoms with Crippen LogP contribution in [-0.4, -0.2) is 96.7 Å². The molecule has 0 aromatic rings. The topological polar surface area (TPSA) is 237 Å². The molecule has 3 unspecified atom stereocenters. The monoisotopic (exact) mass is 1450 g/mol. The molecule has 99 heavy (non-hydrogen) atoms. The van der Waals surface area contributed by atoms with E-state index in [2.05, 4.69) is 55.4 Å². The van der Waals surface area contributed by atoms with Gasteiger partial charge in [0.05, 0.1) is 26.4 Å². The molecule has 17 nitrogen and oxygen atoms in total. The molecular formula is C80H156O17P2. The van der Waals surface area contributed by atoms with Gasteiger partial charge in [-0.1, -0.05) is 357 Å². The van der Waals surface area contributed by atoms with E-state index in [1.54, 1.807) is 0 Å². The molecule has 0 spiro atoms. The second kappa shape index (κ2) is 69.1. The number of carbonyl (C=O) groups excluding carboxylic acids is 4. The first-order valence-electron chi connectivity index (χ1n) is 41.2. The highest BCUT2D eigenvalue weighted by molar-refractivity contribution is 7.47. The van der Waals surface area contributed by atoms with Crippen LogP contribution in [0.2, 0.25) is 0 Å². The van der Waals surface area contributed by atoms with Gasteiger partial charge >= 0.3 is 39.5 Å². The van der Waals surface area contributed by atoms with Gasteiger partial charge in [-0.2, -0.15) is 0 Å². The summed E-state index contributed by atoms with van der Waals surface area (Å²) in [4.78, 5) is 73.0. The highest BCUT2D eigenvalue weighted by Gasteiger charge is 2.30. The van der Waals surface area contributed by atoms with Crippen LogP contribution in [0.5, 0.6) is 0 Å². The number of carbonyl (C=O) groups is 4. The molecule has 19 heteroatoms. The number of aliphatic hydroxyl groups is 1. The highest BCUT2D eigenvalue weighted by atomic mass is 31.2. The standard InChI is InChI=1S/C80H156O17P2/c1-70(2)56-48-40-32-24-19-15-11-9-10-12-18-22-28-38-46-54-62-79(84)96-75(66-90-77(82)60-52-44-36-27-21-17-14-13-16-20-25-33-41-49-57-71(3)4)68-94-98(86,87)92-64-74(81)65-93-99(88,89)95-69-76(67-91-78(83)61-53-45-37-31-30-35-43-51-59-73(7)8)97-80(85)63-55-47-39-29-23-26-34-42-50-58-72(5)6/h70-76,81H,9-69H2,1-8H3,(H,86,87)(H,88,89)/t74?,75-,76-/m1/s1. The van der Waals surface area contributed by atoms with Crippen LogP contribution in [0.25, 0.3) is 0 Å². The van der Waals surface area contributed by atoms with Gasteiger partial charge in [0.25, 0.3) is 0 Å². The van der Waals surface area contributed by atoms with Crippen LogP contribution in [0.4, 0.5) is 0 Å². The van der Waals surface area contributed by atoms with Crippen molar-refractivity contribution in [3.05, 3.63) is 0 Å². The summed E-state index contributed by atoms with van der Waals surface area (Å²) >= 11 is 0. The van der Waals surface area contributed by atoms with Crippen molar-refractivity contribution in [3.63, 3.8) is 0 Å². The molecule has 0 fully saturated rings. The van der Waals surface area contributed by atoms with Crippen molar-refractivity contribution in [1.82, 2.24) is 0 Å². The zero-order chi connectivity index (χ0) is 73.1. The fraction of sp³-hybridized carbons (Fsp3) is 0.950. The number of hydrogen-bond acceptors (Lipinski definition) is 15. The normalized spacial score (nSPS) is 14.1. The Morgan fingerprint density at radius 3 is 0.626 bits per heavy atom. The molecule has 5 atom stereocenters. The molecule has 0 saturated carbocycles. The van der Waals surface area contributed by atoms with Gasteiger partial charge in [0, 0.05) is 25.7 Å². The van der Waals surface area contributed by atoms with Gasteiger partial charge in [-0.05, 0) is 49.4 Å². The molecule has 0 aromatic carbocycles. The maximum absolute atomic E-state index is 13.1. The third-order valence-corrected chi connectivity index (χ3v) is 20.5. The van der Waals surface area contributed by atoms with Crippen LogP contribution >= 0.6 is 15.6 Å². The predicted molar refractivity (Wildman–Crippen MR) is 404 cm³/mol. The minimum absolute atomic E-state index is 0.105. The maximum atomic E-state index is 13.1. The Morgan fingerprint density at radius 2 is 0.424 bits per heavy atom. The van der Waals surface area contributed by atoms with Gasteiger partial charge in [-0.3, -0.25) is 37.3 Å². The number of hydrogen-bond donors (Lipinski definition) is 3. The Labute approximate surface area is 607 Å². The quantitative estimate of drug-likeness (QED) is 0.0222. The van der Waals surface area contributed by atoms with Crippen molar-refractivity contribution in [2.75, 3.05) is 39.6 Å². The zero-order valence-electron chi connectivity index (χ0n) is 65.1. The molecular weight excluding hydrogens is 1290 g/mol. The minimum atomic E-state index is -4.96. The molecule has 3 N–H and O–H groups in total. The van der Waals surface area contributed by atoms with Crippen LogP contribution < -0.4 is 0 Å². The molecule has 0 bridgehead atoms. The van der Waals surface area contributed by atoms with E-state index in [1.165, 1.54) is 212 Å². The lowest BCUT2D eigenvalue weighted by Gasteiger charge is -2.21. The smallest absolute Gasteiger partial charge is 0.462 e. The third-order valence-electron chi connectivity index (χ3n) is 18.6. The Bertz CT molecular complexity index is 1940. The number of phosphoric ester groups is 2. The summed E-state index contributed by atoms with van der Waals surface area (Å²) in [5.41, 5.74) is 0. The molecule has 0 radical (unpaired) electrons. The molecule has 0 aliphatic rings. The summed E-state index contributed by atoms with van der Waals surface area (Å²) in [6, 6.07) is 0. The molecule has 0 aliphatic heterocycles. The average Bonchev–Trinajstić information content (AvgIpc) is 0.940. The van der Waals surface area contributed by atoms with E-state index < -0.39 is 97.5 Å². The Morgan fingerprint density at radius 1 is 0.253 bits per heavy atom. The van der Waals surface area contributed by atoms with Crippen molar-refractivity contribution < 1.29 is 80.2 Å². The fourth-order valence-electron chi connectivity index (χ4n) is 12.3. The molecule has 0 amide bonds. The van der Waals surface area contributed by atoms with E-state index in [-0.39, 0.29) is 25.7 Å². The predicted octanol–water partition coefficient (Wildman–Crippen LogP) is 23.6. The lowest BCUT2D eigenvalue weighted by atomic mass is 10.0. The first-order chi connectivity index (χ1) is 47.6. The molecule has 0 saturated heterocycles. The Balaban J connectivity index is 5.24. The zero-order valence-corrected chi connectivity index (χ0v) is 66.9. The van der Waals surface area contributed by atoms with Gasteiger partial charge in [0.15, 0.2) is 12.2 Å². The summed E-state index contributed by atoms with van der Waals surface area (Å²) in [5, 5.41) is 10.6. The van der Waals surface area contributed by atoms with E-state index in [9.17, 15) is 43.2 Å². The van der Waals surface area contributed by atoms with Crippen LogP contribution in [-0.2, 0) is 65.4 Å². The second-order valence-electron chi connectivity index (χ2n) is 30.7. The molecule has 0 rings (SSSR count). The first kappa shape index (κ1) is 97.1. The van der Waals surface area contributed by atoms with E-state index in [4.69, 9.17) is 37.0 Å². The SMILES string of the molecule is CC(C)CCCCCCCCCCCCCCCCCCC(=O)O[C@H](COC(=O)CCCCCCCCCCCCCCCCC(C)C)COP(=O)(O)OCC(O)COP(=O)(O)OC[C@@H](COC(=O)CCCCCCCCCCC(C)C)OC(=O)CCCCCCCCCCCC(C)C. The Hall–Kier alpha value is -1.94. The van der Waals surface area contributed by atoms with Gasteiger partial charge in [-0.25, -0.2) is 9.13 Å². The third kappa shape index (κ3) is 74.1. The van der Waals surface area contributed by atoms with Gasteiger partial charge in [0.1, 0.15) is 19.3 Å². The van der Waals surface area contributed by atoms with Crippen molar-refractivity contribution in [1.29, 1.82) is 0 Å². The summed E-state index contributed by atoms with van der Waals surface area (Å²) in [6.45, 7) is 14.2. The van der Waals surface area contributed by atoms with Gasteiger partial charge in [0.2, 0.25) is 0 Å². The van der Waals surface area contributed by atoms with Gasteiger partial charge in [-0.15, -0.1) is 0 Å². The lowest BCUT2D eigenvalue weighted by molar-refractivity contribution is -0.161. The highest BCUT2D eigenvalue weighted by Crippen LogP contribution is 2.45. The molecule has 0 aromatic heterocycles. The van der Waals surface area contributed by atoms with E-state index in [0.717, 1.165) is 114 Å². The number of ether oxygens (including phenoxy) is 4. The second-order valence-corrected chi connectivity index (χ2v) is 33.6. The summed E-state index contributed by atoms with van der Waals surface area (Å²) in [6.07, 6.45) is 55.6. The molecule has 0 aliphatic carbocycles. The average molecular weight is 1450 g/mol. The summed E-state index contributed by atoms with van der Waals surface area (Å²) in [5.74, 6) is 0.955. The van der Waals surface area contributed by atoms with Crippen molar-refractivity contribution in [2.45, 2.75) is 427 Å². The Kier molecular flexibility index (Phi) is 67.8. The van der Waals surface area contributed by atoms with E-state index in [1.807, 2.05) is 0 Å². The van der Waals surface area contributed by atoms with Crippen molar-refractivity contribution >= 4 is 39.5 Å². The summed E-state index contributed by atoms with van der Waals surface area (Å²) in [7, 11) is -9.92. The fourth-order valence-corrected chi connectivity index (χ4v) is 13.8.